The lowest BCUT2D eigenvalue weighted by Gasteiger charge is -1.97. The number of rotatable bonds is 1. The molecule has 0 atom stereocenters. The molecule has 0 bridgehead atoms. The third kappa shape index (κ3) is 1.91. The van der Waals surface area contributed by atoms with Crippen LogP contribution in [0.1, 0.15) is 6.92 Å². The number of nitrogens with two attached hydrogens (primary N) is 1. The first kappa shape index (κ1) is 8.01. The molecule has 2 N–H and O–H groups in total. The molecule has 0 fully saturated rings. The molecule has 0 spiro atoms. The van der Waals surface area contributed by atoms with Crippen LogP contribution in [0.4, 0.5) is 11.5 Å². The first-order chi connectivity index (χ1) is 5.24. The number of anilines is 1. The molecule has 0 saturated carbocycles. The van der Waals surface area contributed by atoms with Crippen molar-refractivity contribution in [3.8, 4) is 0 Å². The molecule has 3 nitrogen and oxygen atoms in total. The summed E-state index contributed by atoms with van der Waals surface area (Å²) in [7, 11) is 0. The van der Waals surface area contributed by atoms with Gasteiger partial charge in [-0.2, -0.15) is 0 Å². The Kier molecular flexibility index (Phi) is 2.44. The minimum atomic E-state index is 0.357. The quantitative estimate of drug-likeness (QED) is 0.517. The molecule has 0 radical (unpaired) electrons. The van der Waals surface area contributed by atoms with Crippen molar-refractivity contribution >= 4 is 29.3 Å². The normalized spacial score (nSPS) is 10.7. The summed E-state index contributed by atoms with van der Waals surface area (Å²) in [6.45, 7) is 1.81. The van der Waals surface area contributed by atoms with E-state index in [-0.39, 0.29) is 0 Å². The Morgan fingerprint density at radius 1 is 1.64 bits per heavy atom. The Balaban J connectivity index is 3.09. The molecule has 1 rings (SSSR count). The number of halogens is 1. The largest absolute Gasteiger partial charge is 0.382 e. The molecular weight excluding hydrogens is 162 g/mol. The molecule has 0 aliphatic rings. The predicted octanol–water partition coefficient (Wildman–Crippen LogP) is 2.04. The van der Waals surface area contributed by atoms with Crippen molar-refractivity contribution in [2.75, 3.05) is 5.73 Å². The molecule has 4 heteroatoms. The highest BCUT2D eigenvalue weighted by Gasteiger charge is 1.97. The van der Waals surface area contributed by atoms with Crippen LogP contribution in [0.5, 0.6) is 0 Å². The van der Waals surface area contributed by atoms with Crippen molar-refractivity contribution < 1.29 is 0 Å². The van der Waals surface area contributed by atoms with Crippen molar-refractivity contribution in [3.63, 3.8) is 0 Å². The van der Waals surface area contributed by atoms with Crippen LogP contribution in [0.2, 0.25) is 5.15 Å². The van der Waals surface area contributed by atoms with Crippen LogP contribution in [-0.2, 0) is 0 Å². The van der Waals surface area contributed by atoms with Gasteiger partial charge in [-0.3, -0.25) is 4.99 Å². The summed E-state index contributed by atoms with van der Waals surface area (Å²) in [5.74, 6) is 0.357. The van der Waals surface area contributed by atoms with Crippen LogP contribution in [0, 0.1) is 0 Å². The lowest BCUT2D eigenvalue weighted by Crippen LogP contribution is -1.89. The fourth-order valence-corrected chi connectivity index (χ4v) is 0.845. The van der Waals surface area contributed by atoms with Gasteiger partial charge < -0.3 is 5.73 Å². The molecule has 0 aliphatic heterocycles. The number of nitrogen functional groups attached to an aromatic ring is 1. The van der Waals surface area contributed by atoms with Crippen LogP contribution in [0.25, 0.3) is 0 Å². The van der Waals surface area contributed by atoms with Gasteiger partial charge in [0.15, 0.2) is 5.82 Å². The zero-order chi connectivity index (χ0) is 8.27. The predicted molar refractivity (Wildman–Crippen MR) is 47.5 cm³/mol. The molecular formula is C7H8ClN3. The average Bonchev–Trinajstić information content (AvgIpc) is 1.95. The lowest BCUT2D eigenvalue weighted by atomic mass is 10.4. The summed E-state index contributed by atoms with van der Waals surface area (Å²) in [4.78, 5) is 7.80. The number of nitrogens with zero attached hydrogens (tertiary/aromatic N) is 2. The SMILES string of the molecule is CC=Nc1ccc(Cl)nc1N. The zero-order valence-corrected chi connectivity index (χ0v) is 6.84. The summed E-state index contributed by atoms with van der Waals surface area (Å²) < 4.78 is 0. The molecule has 1 heterocycles. The number of pyridine rings is 1. The number of hydrogen-bond acceptors (Lipinski definition) is 3. The maximum absolute atomic E-state index is 5.57. The second kappa shape index (κ2) is 3.34. The average molecular weight is 170 g/mol. The van der Waals surface area contributed by atoms with Crippen LogP contribution in [0.15, 0.2) is 17.1 Å². The molecule has 58 valence electrons. The Morgan fingerprint density at radius 2 is 2.36 bits per heavy atom. The van der Waals surface area contributed by atoms with E-state index in [4.69, 9.17) is 17.3 Å². The summed E-state index contributed by atoms with van der Waals surface area (Å²) in [5, 5.41) is 0.387. The molecule has 0 amide bonds. The van der Waals surface area contributed by atoms with Crippen LogP contribution in [-0.4, -0.2) is 11.2 Å². The Labute approximate surface area is 69.9 Å². The van der Waals surface area contributed by atoms with Crippen molar-refractivity contribution in [3.05, 3.63) is 17.3 Å². The number of aromatic nitrogens is 1. The van der Waals surface area contributed by atoms with E-state index in [1.807, 2.05) is 6.92 Å². The highest BCUT2D eigenvalue weighted by molar-refractivity contribution is 6.29. The van der Waals surface area contributed by atoms with Crippen molar-refractivity contribution in [2.24, 2.45) is 4.99 Å². The Bertz CT molecular complexity index is 283. The van der Waals surface area contributed by atoms with Gasteiger partial charge in [0.05, 0.1) is 0 Å². The molecule has 0 unspecified atom stereocenters. The maximum Gasteiger partial charge on any atom is 0.151 e. The van der Waals surface area contributed by atoms with Gasteiger partial charge in [0, 0.05) is 6.21 Å². The van der Waals surface area contributed by atoms with Crippen LogP contribution < -0.4 is 5.73 Å². The van der Waals surface area contributed by atoms with Gasteiger partial charge in [-0.25, -0.2) is 4.98 Å². The van der Waals surface area contributed by atoms with Gasteiger partial charge in [0.1, 0.15) is 10.8 Å². The summed E-state index contributed by atoms with van der Waals surface area (Å²) in [5.41, 5.74) is 6.15. The van der Waals surface area contributed by atoms with E-state index in [0.29, 0.717) is 16.7 Å². The van der Waals surface area contributed by atoms with E-state index in [0.717, 1.165) is 0 Å². The van der Waals surface area contributed by atoms with Gasteiger partial charge in [0.2, 0.25) is 0 Å². The minimum Gasteiger partial charge on any atom is -0.382 e. The fraction of sp³-hybridized carbons (Fsp3) is 0.143. The molecule has 0 aromatic carbocycles. The maximum atomic E-state index is 5.57. The topological polar surface area (TPSA) is 51.3 Å². The fourth-order valence-electron chi connectivity index (χ4n) is 0.691. The van der Waals surface area contributed by atoms with E-state index < -0.39 is 0 Å². The van der Waals surface area contributed by atoms with Crippen LogP contribution >= 0.6 is 11.6 Å². The number of aliphatic imine (C=N–C) groups is 1. The van der Waals surface area contributed by atoms with Gasteiger partial charge in [0.25, 0.3) is 0 Å². The van der Waals surface area contributed by atoms with Crippen molar-refractivity contribution in [1.29, 1.82) is 0 Å². The van der Waals surface area contributed by atoms with E-state index in [2.05, 4.69) is 9.98 Å². The highest BCUT2D eigenvalue weighted by Crippen LogP contribution is 2.20. The molecule has 1 aromatic heterocycles. The first-order valence-electron chi connectivity index (χ1n) is 3.14. The molecule has 0 saturated heterocycles. The number of hydrogen-bond donors (Lipinski definition) is 1. The third-order valence-corrected chi connectivity index (χ3v) is 1.35. The van der Waals surface area contributed by atoms with Gasteiger partial charge in [-0.05, 0) is 19.1 Å². The molecule has 0 aliphatic carbocycles. The second-order valence-corrected chi connectivity index (χ2v) is 2.31. The van der Waals surface area contributed by atoms with Gasteiger partial charge in [-0.15, -0.1) is 0 Å². The third-order valence-electron chi connectivity index (χ3n) is 1.14. The first-order valence-corrected chi connectivity index (χ1v) is 3.52. The van der Waals surface area contributed by atoms with Crippen LogP contribution in [0.3, 0.4) is 0 Å². The second-order valence-electron chi connectivity index (χ2n) is 1.93. The Morgan fingerprint density at radius 3 is 2.91 bits per heavy atom. The molecule has 11 heavy (non-hydrogen) atoms. The summed E-state index contributed by atoms with van der Waals surface area (Å²) in [6.07, 6.45) is 1.65. The zero-order valence-electron chi connectivity index (χ0n) is 6.08. The Hall–Kier alpha value is -1.09. The van der Waals surface area contributed by atoms with Crippen molar-refractivity contribution in [2.45, 2.75) is 6.92 Å². The summed E-state index contributed by atoms with van der Waals surface area (Å²) in [6, 6.07) is 3.38. The van der Waals surface area contributed by atoms with Gasteiger partial charge >= 0.3 is 0 Å². The van der Waals surface area contributed by atoms with E-state index in [1.54, 1.807) is 18.3 Å². The monoisotopic (exact) mass is 169 g/mol. The molecule has 1 aromatic rings. The highest BCUT2D eigenvalue weighted by atomic mass is 35.5. The van der Waals surface area contributed by atoms with E-state index >= 15 is 0 Å². The van der Waals surface area contributed by atoms with Crippen molar-refractivity contribution in [1.82, 2.24) is 4.98 Å². The smallest absolute Gasteiger partial charge is 0.151 e. The van der Waals surface area contributed by atoms with E-state index in [9.17, 15) is 0 Å². The minimum absolute atomic E-state index is 0.357. The standard InChI is InChI=1S/C7H8ClN3/c1-2-10-5-3-4-6(8)11-7(5)9/h2-4H,1H3,(H2,9,11). The van der Waals surface area contributed by atoms with Gasteiger partial charge in [-0.1, -0.05) is 11.6 Å². The lowest BCUT2D eigenvalue weighted by molar-refractivity contribution is 1.31. The van der Waals surface area contributed by atoms with E-state index in [1.165, 1.54) is 0 Å². The summed E-state index contributed by atoms with van der Waals surface area (Å²) >= 11 is 5.57.